The largest absolute Gasteiger partial charge is 0.496 e. The molecule has 3 heteroatoms. The first kappa shape index (κ1) is 21.6. The lowest BCUT2D eigenvalue weighted by atomic mass is 9.70. The molecule has 0 N–H and O–H groups in total. The maximum Gasteiger partial charge on any atom is 0.343 e. The molecule has 0 atom stereocenters. The molecule has 0 spiro atoms. The van der Waals surface area contributed by atoms with Gasteiger partial charge >= 0.3 is 5.97 Å². The first-order chi connectivity index (χ1) is 14.4. The van der Waals surface area contributed by atoms with E-state index in [1.165, 1.54) is 11.1 Å². The third-order valence-electron chi connectivity index (χ3n) is 6.09. The molecule has 30 heavy (non-hydrogen) atoms. The van der Waals surface area contributed by atoms with Gasteiger partial charge in [0.15, 0.2) is 0 Å². The van der Waals surface area contributed by atoms with E-state index in [0.717, 1.165) is 29.7 Å². The number of methoxy groups -OCH3 is 1. The number of carbonyl (C=O) groups is 1. The molecule has 0 aliphatic carbocycles. The van der Waals surface area contributed by atoms with Crippen LogP contribution in [0.4, 0.5) is 0 Å². The molecule has 0 amide bonds. The third-order valence-corrected chi connectivity index (χ3v) is 6.09. The Kier molecular flexibility index (Phi) is 6.61. The van der Waals surface area contributed by atoms with Crippen molar-refractivity contribution in [3.8, 4) is 11.5 Å². The van der Waals surface area contributed by atoms with Gasteiger partial charge in [0, 0.05) is 5.41 Å². The molecule has 0 unspecified atom stereocenters. The lowest BCUT2D eigenvalue weighted by molar-refractivity contribution is 0.0733. The summed E-state index contributed by atoms with van der Waals surface area (Å²) in [6.07, 6.45) is 1.94. The minimum Gasteiger partial charge on any atom is -0.496 e. The van der Waals surface area contributed by atoms with Gasteiger partial charge in [-0.25, -0.2) is 4.79 Å². The number of rotatable bonds is 7. The zero-order valence-corrected chi connectivity index (χ0v) is 18.5. The molecule has 0 aromatic heterocycles. The predicted molar refractivity (Wildman–Crippen MR) is 122 cm³/mol. The molecule has 3 nitrogen and oxygen atoms in total. The molecular formula is C27H30O3. The van der Waals surface area contributed by atoms with Crippen molar-refractivity contribution in [3.05, 3.63) is 94.5 Å². The lowest BCUT2D eigenvalue weighted by Crippen LogP contribution is -2.26. The molecule has 0 aliphatic heterocycles. The van der Waals surface area contributed by atoms with Crippen LogP contribution in [-0.2, 0) is 5.41 Å². The second-order valence-electron chi connectivity index (χ2n) is 7.71. The van der Waals surface area contributed by atoms with Gasteiger partial charge in [0.2, 0.25) is 0 Å². The van der Waals surface area contributed by atoms with Crippen LogP contribution in [0.15, 0.2) is 66.7 Å². The second-order valence-corrected chi connectivity index (χ2v) is 7.71. The maximum atomic E-state index is 12.4. The Morgan fingerprint density at radius 2 is 1.33 bits per heavy atom. The van der Waals surface area contributed by atoms with E-state index in [1.807, 2.05) is 37.3 Å². The summed E-state index contributed by atoms with van der Waals surface area (Å²) in [6.45, 7) is 8.52. The fourth-order valence-electron chi connectivity index (χ4n) is 4.20. The first-order valence-electron chi connectivity index (χ1n) is 10.5. The smallest absolute Gasteiger partial charge is 0.343 e. The molecule has 0 bridgehead atoms. The molecule has 0 saturated heterocycles. The van der Waals surface area contributed by atoms with Crippen LogP contribution in [-0.4, -0.2) is 13.1 Å². The van der Waals surface area contributed by atoms with E-state index < -0.39 is 0 Å². The fourth-order valence-corrected chi connectivity index (χ4v) is 4.20. The van der Waals surface area contributed by atoms with Crippen LogP contribution in [0.25, 0.3) is 0 Å². The molecule has 0 heterocycles. The number of ether oxygens (including phenoxy) is 2. The van der Waals surface area contributed by atoms with Crippen LogP contribution in [0.3, 0.4) is 0 Å². The van der Waals surface area contributed by atoms with Crippen LogP contribution in [0.5, 0.6) is 11.5 Å². The van der Waals surface area contributed by atoms with Gasteiger partial charge in [-0.15, -0.1) is 0 Å². The summed E-state index contributed by atoms with van der Waals surface area (Å²) in [7, 11) is 1.70. The Morgan fingerprint density at radius 3 is 1.80 bits per heavy atom. The summed E-state index contributed by atoms with van der Waals surface area (Å²) in [5, 5.41) is 0. The van der Waals surface area contributed by atoms with Crippen LogP contribution >= 0.6 is 0 Å². The van der Waals surface area contributed by atoms with Crippen LogP contribution in [0.1, 0.15) is 59.3 Å². The van der Waals surface area contributed by atoms with E-state index in [2.05, 4.69) is 45.0 Å². The highest BCUT2D eigenvalue weighted by Crippen LogP contribution is 2.41. The molecule has 0 radical (unpaired) electrons. The molecule has 0 fully saturated rings. The summed E-state index contributed by atoms with van der Waals surface area (Å²) in [4.78, 5) is 12.4. The Hall–Kier alpha value is -3.07. The first-order valence-corrected chi connectivity index (χ1v) is 10.5. The van der Waals surface area contributed by atoms with Gasteiger partial charge in [0.25, 0.3) is 0 Å². The van der Waals surface area contributed by atoms with Gasteiger partial charge in [-0.1, -0.05) is 56.3 Å². The molecule has 0 aliphatic rings. The molecule has 0 saturated carbocycles. The summed E-state index contributed by atoms with van der Waals surface area (Å²) in [5.41, 5.74) is 5.03. The average molecular weight is 403 g/mol. The lowest BCUT2D eigenvalue weighted by Gasteiger charge is -2.34. The van der Waals surface area contributed by atoms with E-state index in [9.17, 15) is 4.79 Å². The molecular weight excluding hydrogens is 372 g/mol. The van der Waals surface area contributed by atoms with Crippen molar-refractivity contribution >= 4 is 5.97 Å². The number of aryl methyl sites for hydroxylation is 2. The quantitative estimate of drug-likeness (QED) is 0.328. The topological polar surface area (TPSA) is 35.5 Å². The predicted octanol–water partition coefficient (Wildman–Crippen LogP) is 6.64. The fraction of sp³-hybridized carbons (Fsp3) is 0.296. The SMILES string of the molecule is CCC(CC)(c1ccc(OC)c(C)c1)c1ccc(OC(=O)c2ccccc2)c(C)c1. The summed E-state index contributed by atoms with van der Waals surface area (Å²) >= 11 is 0. The van der Waals surface area contributed by atoms with Gasteiger partial charge in [0.05, 0.1) is 12.7 Å². The van der Waals surface area contributed by atoms with Crippen molar-refractivity contribution in [1.82, 2.24) is 0 Å². The van der Waals surface area contributed by atoms with E-state index >= 15 is 0 Å². The van der Waals surface area contributed by atoms with E-state index in [4.69, 9.17) is 9.47 Å². The van der Waals surface area contributed by atoms with Crippen molar-refractivity contribution in [2.24, 2.45) is 0 Å². The summed E-state index contributed by atoms with van der Waals surface area (Å²) in [6, 6.07) is 21.7. The standard InChI is InChI=1S/C27H30O3/c1-6-27(7-2,22-13-15-24(29-5)19(3)17-22)23-14-16-25(20(4)18-23)30-26(28)21-11-9-8-10-12-21/h8-18H,6-7H2,1-5H3. The Morgan fingerprint density at radius 1 is 0.800 bits per heavy atom. The zero-order chi connectivity index (χ0) is 21.7. The van der Waals surface area contributed by atoms with Gasteiger partial charge in [-0.3, -0.25) is 0 Å². The minimum absolute atomic E-state index is 0.107. The van der Waals surface area contributed by atoms with E-state index in [1.54, 1.807) is 19.2 Å². The molecule has 156 valence electrons. The van der Waals surface area contributed by atoms with Crippen molar-refractivity contribution in [2.75, 3.05) is 7.11 Å². The van der Waals surface area contributed by atoms with Gasteiger partial charge in [0.1, 0.15) is 11.5 Å². The van der Waals surface area contributed by atoms with Crippen molar-refractivity contribution in [3.63, 3.8) is 0 Å². The number of benzene rings is 3. The van der Waals surface area contributed by atoms with Crippen molar-refractivity contribution in [1.29, 1.82) is 0 Å². The monoisotopic (exact) mass is 402 g/mol. The highest BCUT2D eigenvalue weighted by atomic mass is 16.5. The number of hydrogen-bond donors (Lipinski definition) is 0. The number of hydrogen-bond acceptors (Lipinski definition) is 3. The molecule has 3 aromatic carbocycles. The summed E-state index contributed by atoms with van der Waals surface area (Å²) < 4.78 is 11.1. The minimum atomic E-state index is -0.338. The number of carbonyl (C=O) groups excluding carboxylic acids is 1. The molecule has 3 aromatic rings. The van der Waals surface area contributed by atoms with Gasteiger partial charge in [-0.05, 0) is 73.2 Å². The highest BCUT2D eigenvalue weighted by Gasteiger charge is 2.31. The Balaban J connectivity index is 1.95. The van der Waals surface area contributed by atoms with Crippen LogP contribution < -0.4 is 9.47 Å². The Labute approximate surface area is 179 Å². The van der Waals surface area contributed by atoms with Gasteiger partial charge < -0.3 is 9.47 Å². The maximum absolute atomic E-state index is 12.4. The van der Waals surface area contributed by atoms with Crippen LogP contribution in [0.2, 0.25) is 0 Å². The zero-order valence-electron chi connectivity index (χ0n) is 18.5. The third kappa shape index (κ3) is 4.11. The highest BCUT2D eigenvalue weighted by molar-refractivity contribution is 5.91. The number of esters is 1. The van der Waals surface area contributed by atoms with E-state index in [-0.39, 0.29) is 11.4 Å². The Bertz CT molecular complexity index is 1020. The average Bonchev–Trinajstić information content (AvgIpc) is 2.77. The van der Waals surface area contributed by atoms with E-state index in [0.29, 0.717) is 11.3 Å². The summed E-state index contributed by atoms with van der Waals surface area (Å²) in [5.74, 6) is 1.16. The van der Waals surface area contributed by atoms with Crippen molar-refractivity contribution < 1.29 is 14.3 Å². The second kappa shape index (κ2) is 9.17. The van der Waals surface area contributed by atoms with Crippen LogP contribution in [0, 0.1) is 13.8 Å². The normalized spacial score (nSPS) is 11.2. The molecule has 3 rings (SSSR count). The van der Waals surface area contributed by atoms with Crippen molar-refractivity contribution in [2.45, 2.75) is 46.0 Å². The van der Waals surface area contributed by atoms with Gasteiger partial charge in [-0.2, -0.15) is 0 Å².